The maximum atomic E-state index is 12.5. The van der Waals surface area contributed by atoms with Crippen LogP contribution in [0.25, 0.3) is 22.2 Å². The van der Waals surface area contributed by atoms with Gasteiger partial charge in [0.2, 0.25) is 0 Å². The number of hydrogen-bond acceptors (Lipinski definition) is 7. The normalized spacial score (nSPS) is 10.8. The maximum absolute atomic E-state index is 12.5. The van der Waals surface area contributed by atoms with Gasteiger partial charge in [-0.1, -0.05) is 11.8 Å². The highest BCUT2D eigenvalue weighted by Gasteiger charge is 2.15. The van der Waals surface area contributed by atoms with Gasteiger partial charge in [-0.05, 0) is 66.9 Å². The number of nitrogens with zero attached hydrogens (tertiary/aromatic N) is 2. The molecular weight excluding hydrogens is 426 g/mol. The molecule has 8 heteroatoms. The molecule has 4 aromatic rings. The van der Waals surface area contributed by atoms with Crippen molar-refractivity contribution in [1.82, 2.24) is 9.97 Å². The Kier molecular flexibility index (Phi) is 5.84. The fourth-order valence-electron chi connectivity index (χ4n) is 3.33. The number of nitriles is 1. The molecule has 2 aromatic heterocycles. The van der Waals surface area contributed by atoms with Crippen molar-refractivity contribution in [3.05, 3.63) is 85.5 Å². The number of benzene rings is 2. The van der Waals surface area contributed by atoms with E-state index >= 15 is 0 Å². The van der Waals surface area contributed by atoms with E-state index in [1.54, 1.807) is 31.4 Å². The van der Waals surface area contributed by atoms with Crippen LogP contribution in [0, 0.1) is 25.2 Å². The highest BCUT2D eigenvalue weighted by Crippen LogP contribution is 2.28. The fraction of sp³-hybridized carbons (Fsp3) is 0.167. The van der Waals surface area contributed by atoms with Gasteiger partial charge in [-0.3, -0.25) is 4.79 Å². The first-order valence-corrected chi connectivity index (χ1v) is 10.7. The van der Waals surface area contributed by atoms with Crippen LogP contribution >= 0.6 is 11.8 Å². The molecule has 2 heterocycles. The van der Waals surface area contributed by atoms with Crippen molar-refractivity contribution in [3.8, 4) is 23.1 Å². The van der Waals surface area contributed by atoms with E-state index in [0.29, 0.717) is 33.5 Å². The van der Waals surface area contributed by atoms with E-state index in [0.717, 1.165) is 22.1 Å². The lowest BCUT2D eigenvalue weighted by Crippen LogP contribution is -2.14. The van der Waals surface area contributed by atoms with Crippen molar-refractivity contribution in [2.45, 2.75) is 24.8 Å². The van der Waals surface area contributed by atoms with Crippen LogP contribution in [-0.2, 0) is 5.75 Å². The molecule has 0 radical (unpaired) electrons. The van der Waals surface area contributed by atoms with Gasteiger partial charge in [0, 0.05) is 22.8 Å². The summed E-state index contributed by atoms with van der Waals surface area (Å²) in [5.74, 6) is 1.05. The molecular formula is C24H19N3O4S. The Hall–Kier alpha value is -3.83. The number of H-pyrrole nitrogens is 1. The number of methoxy groups -OCH3 is 1. The molecule has 0 unspecified atom stereocenters. The quantitative estimate of drug-likeness (QED) is 0.277. The third kappa shape index (κ3) is 4.15. The fourth-order valence-corrected chi connectivity index (χ4v) is 4.18. The van der Waals surface area contributed by atoms with E-state index in [1.165, 1.54) is 17.8 Å². The standard InChI is InChI=1S/C24H19N3O4S/c1-13-8-18-16(10-21(28)31-20(18)9-14(13)2)12-32-24-26-22(19(11-25)23(29)27-24)15-4-6-17(30-3)7-5-15/h4-10H,12H2,1-3H3,(H,26,27,29). The lowest BCUT2D eigenvalue weighted by atomic mass is 10.0. The van der Waals surface area contributed by atoms with Crippen LogP contribution in [0.5, 0.6) is 5.75 Å². The lowest BCUT2D eigenvalue weighted by Gasteiger charge is -2.09. The van der Waals surface area contributed by atoms with Gasteiger partial charge in [-0.25, -0.2) is 9.78 Å². The Morgan fingerprint density at radius 3 is 2.53 bits per heavy atom. The molecule has 0 aliphatic carbocycles. The minimum absolute atomic E-state index is 0.0589. The van der Waals surface area contributed by atoms with Crippen LogP contribution in [0.3, 0.4) is 0 Å². The molecule has 0 amide bonds. The van der Waals surface area contributed by atoms with Gasteiger partial charge in [0.25, 0.3) is 5.56 Å². The summed E-state index contributed by atoms with van der Waals surface area (Å²) in [5, 5.41) is 10.7. The summed E-state index contributed by atoms with van der Waals surface area (Å²) in [6, 6.07) is 14.2. The van der Waals surface area contributed by atoms with Crippen LogP contribution in [0.15, 0.2) is 61.6 Å². The highest BCUT2D eigenvalue weighted by atomic mass is 32.2. The molecule has 0 fully saturated rings. The van der Waals surface area contributed by atoms with Crippen LogP contribution in [0.1, 0.15) is 22.3 Å². The van der Waals surface area contributed by atoms with Crippen LogP contribution in [0.2, 0.25) is 0 Å². The number of aromatic amines is 1. The molecule has 0 spiro atoms. The molecule has 0 atom stereocenters. The first-order valence-electron chi connectivity index (χ1n) is 9.75. The molecule has 0 aliphatic heterocycles. The Labute approximate surface area is 187 Å². The van der Waals surface area contributed by atoms with E-state index in [4.69, 9.17) is 9.15 Å². The molecule has 2 aromatic carbocycles. The van der Waals surface area contributed by atoms with Crippen molar-refractivity contribution in [1.29, 1.82) is 5.26 Å². The van der Waals surface area contributed by atoms with Gasteiger partial charge < -0.3 is 14.1 Å². The van der Waals surface area contributed by atoms with E-state index in [1.807, 2.05) is 32.0 Å². The predicted molar refractivity (Wildman–Crippen MR) is 123 cm³/mol. The van der Waals surface area contributed by atoms with Gasteiger partial charge in [0.15, 0.2) is 5.16 Å². The zero-order valence-electron chi connectivity index (χ0n) is 17.7. The molecule has 1 N–H and O–H groups in total. The number of hydrogen-bond donors (Lipinski definition) is 1. The second-order valence-corrected chi connectivity index (χ2v) is 8.21. The van der Waals surface area contributed by atoms with Crippen molar-refractivity contribution in [3.63, 3.8) is 0 Å². The van der Waals surface area contributed by atoms with Crippen LogP contribution in [0.4, 0.5) is 0 Å². The van der Waals surface area contributed by atoms with Crippen molar-refractivity contribution in [2.75, 3.05) is 7.11 Å². The lowest BCUT2D eigenvalue weighted by molar-refractivity contribution is 0.415. The second-order valence-electron chi connectivity index (χ2n) is 7.25. The van der Waals surface area contributed by atoms with Gasteiger partial charge in [0.05, 0.1) is 12.8 Å². The Morgan fingerprint density at radius 1 is 1.12 bits per heavy atom. The van der Waals surface area contributed by atoms with Crippen molar-refractivity contribution in [2.24, 2.45) is 0 Å². The van der Waals surface area contributed by atoms with Crippen molar-refractivity contribution >= 4 is 22.7 Å². The zero-order chi connectivity index (χ0) is 22.8. The van der Waals surface area contributed by atoms with E-state index in [2.05, 4.69) is 9.97 Å². The number of ether oxygens (including phenoxy) is 1. The van der Waals surface area contributed by atoms with Crippen LogP contribution < -0.4 is 15.9 Å². The first-order chi connectivity index (χ1) is 15.4. The minimum Gasteiger partial charge on any atom is -0.497 e. The average Bonchev–Trinajstić information content (AvgIpc) is 2.78. The largest absolute Gasteiger partial charge is 0.497 e. The number of nitrogens with one attached hydrogen (secondary N) is 1. The molecule has 0 aliphatic rings. The first kappa shape index (κ1) is 21.4. The molecule has 32 heavy (non-hydrogen) atoms. The molecule has 7 nitrogen and oxygen atoms in total. The van der Waals surface area contributed by atoms with E-state index < -0.39 is 11.2 Å². The summed E-state index contributed by atoms with van der Waals surface area (Å²) in [5.41, 5.74) is 3.35. The van der Waals surface area contributed by atoms with E-state index in [9.17, 15) is 14.9 Å². The summed E-state index contributed by atoms with van der Waals surface area (Å²) < 4.78 is 10.5. The summed E-state index contributed by atoms with van der Waals surface area (Å²) in [6.45, 7) is 3.96. The molecule has 0 saturated carbocycles. The Balaban J connectivity index is 1.72. The number of rotatable bonds is 5. The van der Waals surface area contributed by atoms with Gasteiger partial charge >= 0.3 is 5.63 Å². The predicted octanol–water partition coefficient (Wildman–Crippen LogP) is 4.33. The Bertz CT molecular complexity index is 1480. The smallest absolute Gasteiger partial charge is 0.336 e. The summed E-state index contributed by atoms with van der Waals surface area (Å²) in [4.78, 5) is 31.8. The van der Waals surface area contributed by atoms with Crippen molar-refractivity contribution < 1.29 is 9.15 Å². The number of aryl methyl sites for hydroxylation is 2. The van der Waals surface area contributed by atoms with Gasteiger partial charge in [-0.15, -0.1) is 0 Å². The minimum atomic E-state index is -0.514. The van der Waals surface area contributed by atoms with Crippen LogP contribution in [-0.4, -0.2) is 17.1 Å². The number of fused-ring (bicyclic) bond motifs is 1. The summed E-state index contributed by atoms with van der Waals surface area (Å²) in [6.07, 6.45) is 0. The zero-order valence-corrected chi connectivity index (χ0v) is 18.5. The molecule has 0 bridgehead atoms. The number of thioether (sulfide) groups is 1. The molecule has 0 saturated heterocycles. The SMILES string of the molecule is COc1ccc(-c2nc(SCc3cc(=O)oc4cc(C)c(C)cc34)[nH]c(=O)c2C#N)cc1. The topological polar surface area (TPSA) is 109 Å². The monoisotopic (exact) mass is 445 g/mol. The van der Waals surface area contributed by atoms with Gasteiger partial charge in [0.1, 0.15) is 23.0 Å². The van der Waals surface area contributed by atoms with E-state index in [-0.39, 0.29) is 5.56 Å². The summed E-state index contributed by atoms with van der Waals surface area (Å²) >= 11 is 1.28. The maximum Gasteiger partial charge on any atom is 0.336 e. The third-order valence-electron chi connectivity index (χ3n) is 5.18. The highest BCUT2D eigenvalue weighted by molar-refractivity contribution is 7.98. The molecule has 160 valence electrons. The summed E-state index contributed by atoms with van der Waals surface area (Å²) in [7, 11) is 1.56. The average molecular weight is 446 g/mol. The second kappa shape index (κ2) is 8.73. The van der Waals surface area contributed by atoms with Gasteiger partial charge in [-0.2, -0.15) is 5.26 Å². The Morgan fingerprint density at radius 2 is 1.84 bits per heavy atom. The molecule has 4 rings (SSSR count). The number of aromatic nitrogens is 2. The third-order valence-corrected chi connectivity index (χ3v) is 6.10.